The smallest absolute Gasteiger partial charge is 0.243 e. The monoisotopic (exact) mass is 618 g/mol. The van der Waals surface area contributed by atoms with Gasteiger partial charge in [0.2, 0.25) is 11.8 Å². The summed E-state index contributed by atoms with van der Waals surface area (Å²) in [6.07, 6.45) is 14.2. The molecular weight excluding hydrogens is 572 g/mol. The van der Waals surface area contributed by atoms with Gasteiger partial charge >= 0.3 is 0 Å². The van der Waals surface area contributed by atoms with Crippen molar-refractivity contribution in [3.05, 3.63) is 124 Å². The lowest BCUT2D eigenvalue weighted by Gasteiger charge is -2.26. The number of nitrogens with zero attached hydrogens (tertiary/aromatic N) is 1. The van der Waals surface area contributed by atoms with Gasteiger partial charge in [-0.15, -0.1) is 0 Å². The Kier molecular flexibility index (Phi) is 10.9. The number of aryl methyl sites for hydroxylation is 2. The lowest BCUT2D eigenvalue weighted by molar-refractivity contribution is -0.131. The number of hydrogen-bond donors (Lipinski definition) is 3. The van der Waals surface area contributed by atoms with E-state index in [0.29, 0.717) is 39.0 Å². The van der Waals surface area contributed by atoms with Gasteiger partial charge in [-0.25, -0.2) is 4.98 Å². The molecule has 1 atom stereocenters. The van der Waals surface area contributed by atoms with Crippen LogP contribution < -0.4 is 10.6 Å². The molecule has 0 aliphatic heterocycles. The summed E-state index contributed by atoms with van der Waals surface area (Å²) in [6, 6.07) is 22.4. The normalized spacial score (nSPS) is 14.7. The van der Waals surface area contributed by atoms with Crippen molar-refractivity contribution in [2.45, 2.75) is 83.3 Å². The Labute approximate surface area is 272 Å². The third-order valence-electron chi connectivity index (χ3n) is 9.55. The van der Waals surface area contributed by atoms with Crippen molar-refractivity contribution in [1.82, 2.24) is 20.6 Å². The van der Waals surface area contributed by atoms with Crippen molar-refractivity contribution in [2.24, 2.45) is 5.92 Å². The molecule has 1 aromatic heterocycles. The number of carbonyl (C=O) groups excluding carboxylic acids is 2. The minimum Gasteiger partial charge on any atom is -0.375 e. The van der Waals surface area contributed by atoms with Crippen LogP contribution in [0.2, 0.25) is 0 Å². The number of nitrogens with one attached hydrogen (secondary N) is 3. The van der Waals surface area contributed by atoms with Crippen molar-refractivity contribution in [1.29, 1.82) is 0 Å². The Balaban J connectivity index is 1.18. The average Bonchev–Trinajstić information content (AvgIpc) is 3.61. The summed E-state index contributed by atoms with van der Waals surface area (Å²) in [5.74, 6) is -0.615. The number of ether oxygens (including phenoxy) is 1. The number of fused-ring (bicyclic) bond motifs is 2. The maximum atomic E-state index is 14.3. The molecule has 46 heavy (non-hydrogen) atoms. The number of hydrogen-bond acceptors (Lipinski definition) is 4. The van der Waals surface area contributed by atoms with E-state index in [-0.39, 0.29) is 17.7 Å². The van der Waals surface area contributed by atoms with E-state index in [9.17, 15) is 9.59 Å². The first kappa shape index (κ1) is 31.7. The minimum atomic E-state index is -0.748. The Morgan fingerprint density at radius 1 is 0.761 bits per heavy atom. The van der Waals surface area contributed by atoms with Gasteiger partial charge < -0.3 is 20.4 Å². The van der Waals surface area contributed by atoms with Crippen LogP contribution in [0.25, 0.3) is 0 Å². The second-order valence-electron chi connectivity index (χ2n) is 12.8. The summed E-state index contributed by atoms with van der Waals surface area (Å²) in [5.41, 5.74) is 10.0. The molecule has 0 fully saturated rings. The van der Waals surface area contributed by atoms with E-state index in [1.54, 1.807) is 12.5 Å². The number of aromatic nitrogens is 2. The number of aromatic amines is 1. The number of carbonyl (C=O) groups is 2. The zero-order chi connectivity index (χ0) is 31.6. The zero-order valence-corrected chi connectivity index (χ0v) is 26.7. The van der Waals surface area contributed by atoms with Crippen LogP contribution in [-0.4, -0.2) is 41.0 Å². The third kappa shape index (κ3) is 8.32. The molecule has 0 radical (unpaired) electrons. The predicted molar refractivity (Wildman–Crippen MR) is 180 cm³/mol. The molecule has 7 nitrogen and oxygen atoms in total. The van der Waals surface area contributed by atoms with Crippen molar-refractivity contribution >= 4 is 11.8 Å². The first-order valence-corrected chi connectivity index (χ1v) is 17.0. The summed E-state index contributed by atoms with van der Waals surface area (Å²) in [5, 5.41) is 6.17. The maximum Gasteiger partial charge on any atom is 0.243 e. The maximum absolute atomic E-state index is 14.3. The average molecular weight is 619 g/mol. The molecule has 0 bridgehead atoms. The fraction of sp³-hybridized carbons (Fsp3) is 0.410. The molecule has 0 spiro atoms. The van der Waals surface area contributed by atoms with Gasteiger partial charge in [0.25, 0.3) is 0 Å². The van der Waals surface area contributed by atoms with E-state index in [4.69, 9.17) is 4.74 Å². The quantitative estimate of drug-likeness (QED) is 0.160. The lowest BCUT2D eigenvalue weighted by atomic mass is 9.81. The highest BCUT2D eigenvalue weighted by atomic mass is 16.5. The van der Waals surface area contributed by atoms with Gasteiger partial charge in [0, 0.05) is 25.1 Å². The van der Waals surface area contributed by atoms with E-state index in [0.717, 1.165) is 36.9 Å². The van der Waals surface area contributed by atoms with Gasteiger partial charge in [-0.05, 0) is 103 Å². The standard InChI is InChI=1S/C39H46N4O3/c44-38(43-37(24-34-25-40-27-42-34)39(45)41-20-21-46-26-28-10-2-1-3-11-28)33(22-31-16-8-14-29-12-4-6-18-35(29)31)23-32-17-9-15-30-13-5-7-19-36(30)32/h1-3,8-11,14-17,25,27,33,37H,4-7,12-13,18-24,26H2,(H,40,42)(H,41,45)(H,43,44)/t37-/m0/s1. The highest BCUT2D eigenvalue weighted by Gasteiger charge is 2.29. The SMILES string of the molecule is O=C(N[C@@H](Cc1c[nH]cn1)C(=O)NCCOCc1ccccc1)C(Cc1cccc2c1CCCC2)Cc1cccc2c1CCCC2. The van der Waals surface area contributed by atoms with Crippen LogP contribution in [-0.2, 0) is 65.9 Å². The molecular formula is C39H46N4O3. The van der Waals surface area contributed by atoms with E-state index in [2.05, 4.69) is 57.0 Å². The summed E-state index contributed by atoms with van der Waals surface area (Å²) in [7, 11) is 0. The van der Waals surface area contributed by atoms with Crippen LogP contribution in [0.4, 0.5) is 0 Å². The second-order valence-corrected chi connectivity index (χ2v) is 12.8. The highest BCUT2D eigenvalue weighted by Crippen LogP contribution is 2.30. The van der Waals surface area contributed by atoms with Crippen molar-refractivity contribution in [3.63, 3.8) is 0 Å². The molecule has 0 saturated heterocycles. The topological polar surface area (TPSA) is 96.1 Å². The number of H-pyrrole nitrogens is 1. The van der Waals surface area contributed by atoms with Crippen LogP contribution in [0.15, 0.2) is 79.3 Å². The van der Waals surface area contributed by atoms with Crippen LogP contribution in [0.5, 0.6) is 0 Å². The number of benzene rings is 3. The van der Waals surface area contributed by atoms with Gasteiger partial charge in [0.05, 0.1) is 25.2 Å². The van der Waals surface area contributed by atoms with Crippen LogP contribution >= 0.6 is 0 Å². The Morgan fingerprint density at radius 3 is 2.04 bits per heavy atom. The Hall–Kier alpha value is -4.23. The molecule has 4 aromatic rings. The van der Waals surface area contributed by atoms with Crippen molar-refractivity contribution in [3.8, 4) is 0 Å². The Bertz CT molecular complexity index is 1520. The van der Waals surface area contributed by atoms with Crippen LogP contribution in [0.3, 0.4) is 0 Å². The first-order valence-electron chi connectivity index (χ1n) is 17.0. The molecule has 3 N–H and O–H groups in total. The number of rotatable bonds is 14. The van der Waals surface area contributed by atoms with Gasteiger partial charge in [-0.2, -0.15) is 0 Å². The fourth-order valence-corrected chi connectivity index (χ4v) is 7.14. The number of imidazole rings is 1. The molecule has 240 valence electrons. The summed E-state index contributed by atoms with van der Waals surface area (Å²) in [6.45, 7) is 1.22. The molecule has 0 saturated carbocycles. The van der Waals surface area contributed by atoms with Crippen LogP contribution in [0, 0.1) is 5.92 Å². The van der Waals surface area contributed by atoms with E-state index in [1.165, 1.54) is 59.1 Å². The highest BCUT2D eigenvalue weighted by molar-refractivity contribution is 5.89. The summed E-state index contributed by atoms with van der Waals surface area (Å²) in [4.78, 5) is 35.2. The van der Waals surface area contributed by atoms with Crippen molar-refractivity contribution < 1.29 is 14.3 Å². The van der Waals surface area contributed by atoms with E-state index >= 15 is 0 Å². The molecule has 2 amide bonds. The van der Waals surface area contributed by atoms with Gasteiger partial charge in [0.1, 0.15) is 6.04 Å². The van der Waals surface area contributed by atoms with Crippen molar-refractivity contribution in [2.75, 3.05) is 13.2 Å². The third-order valence-corrected chi connectivity index (χ3v) is 9.55. The van der Waals surface area contributed by atoms with Gasteiger partial charge in [-0.1, -0.05) is 66.7 Å². The zero-order valence-electron chi connectivity index (χ0n) is 26.7. The number of amides is 2. The molecule has 2 aliphatic carbocycles. The second kappa shape index (κ2) is 15.9. The molecule has 2 aliphatic rings. The molecule has 1 heterocycles. The molecule has 0 unspecified atom stereocenters. The predicted octanol–water partition coefficient (Wildman–Crippen LogP) is 5.63. The summed E-state index contributed by atoms with van der Waals surface area (Å²) < 4.78 is 5.78. The van der Waals surface area contributed by atoms with Gasteiger partial charge in [0.15, 0.2) is 0 Å². The fourth-order valence-electron chi connectivity index (χ4n) is 7.14. The largest absolute Gasteiger partial charge is 0.375 e. The van der Waals surface area contributed by atoms with Gasteiger partial charge in [-0.3, -0.25) is 9.59 Å². The lowest BCUT2D eigenvalue weighted by Crippen LogP contribution is -2.50. The molecule has 7 heteroatoms. The van der Waals surface area contributed by atoms with E-state index in [1.807, 2.05) is 30.3 Å². The molecule has 3 aromatic carbocycles. The Morgan fingerprint density at radius 2 is 1.41 bits per heavy atom. The minimum absolute atomic E-state index is 0.0853. The summed E-state index contributed by atoms with van der Waals surface area (Å²) >= 11 is 0. The van der Waals surface area contributed by atoms with Crippen LogP contribution in [0.1, 0.15) is 70.3 Å². The molecule has 6 rings (SSSR count). The first-order chi connectivity index (χ1) is 22.6. The van der Waals surface area contributed by atoms with E-state index < -0.39 is 6.04 Å².